The summed E-state index contributed by atoms with van der Waals surface area (Å²) in [5.74, 6) is 0.775. The van der Waals surface area contributed by atoms with Crippen molar-refractivity contribution in [1.82, 2.24) is 4.98 Å². The van der Waals surface area contributed by atoms with E-state index in [0.29, 0.717) is 17.3 Å². The highest BCUT2D eigenvalue weighted by molar-refractivity contribution is 7.11. The molecule has 0 bridgehead atoms. The van der Waals surface area contributed by atoms with Crippen molar-refractivity contribution in [3.8, 4) is 0 Å². The third-order valence-corrected chi connectivity index (χ3v) is 2.81. The van der Waals surface area contributed by atoms with Crippen LogP contribution in [0, 0.1) is 12.8 Å². The first-order valence-corrected chi connectivity index (χ1v) is 5.43. The molecule has 1 aromatic heterocycles. The molecule has 2 nitrogen and oxygen atoms in total. The van der Waals surface area contributed by atoms with Gasteiger partial charge in [0.1, 0.15) is 0 Å². The number of carbonyl (C=O) groups is 1. The first-order chi connectivity index (χ1) is 6.09. The van der Waals surface area contributed by atoms with Gasteiger partial charge >= 0.3 is 0 Å². The molecule has 0 saturated heterocycles. The molecule has 1 aromatic rings. The molecule has 1 rings (SSSR count). The Morgan fingerprint density at radius 2 is 2.31 bits per heavy atom. The van der Waals surface area contributed by atoms with E-state index in [0.717, 1.165) is 12.1 Å². The van der Waals surface area contributed by atoms with Crippen LogP contribution in [0.4, 0.5) is 0 Å². The van der Waals surface area contributed by atoms with Crippen LogP contribution in [0.5, 0.6) is 0 Å². The topological polar surface area (TPSA) is 30.0 Å². The normalized spacial score (nSPS) is 10.8. The molecule has 1 heterocycles. The van der Waals surface area contributed by atoms with Crippen molar-refractivity contribution in [2.24, 2.45) is 5.92 Å². The quantitative estimate of drug-likeness (QED) is 0.694. The minimum atomic E-state index is 0.187. The number of ketones is 1. The van der Waals surface area contributed by atoms with Gasteiger partial charge in [-0.15, -0.1) is 11.3 Å². The molecule has 0 aliphatic carbocycles. The average Bonchev–Trinajstić information content (AvgIpc) is 2.47. The molecular weight excluding hydrogens is 182 g/mol. The van der Waals surface area contributed by atoms with Gasteiger partial charge in [-0.3, -0.25) is 4.79 Å². The molecule has 13 heavy (non-hydrogen) atoms. The third-order valence-electron chi connectivity index (χ3n) is 1.81. The monoisotopic (exact) mass is 197 g/mol. The maximum Gasteiger partial charge on any atom is 0.191 e. The maximum absolute atomic E-state index is 11.5. The number of aryl methyl sites for hydroxylation is 1. The van der Waals surface area contributed by atoms with Gasteiger partial charge in [0.05, 0.1) is 0 Å². The van der Waals surface area contributed by atoms with E-state index in [2.05, 4.69) is 18.8 Å². The Morgan fingerprint density at radius 1 is 1.62 bits per heavy atom. The second kappa shape index (κ2) is 4.51. The fraction of sp³-hybridized carbons (Fsp3) is 0.600. The molecule has 0 amide bonds. The van der Waals surface area contributed by atoms with Gasteiger partial charge in [0.2, 0.25) is 0 Å². The van der Waals surface area contributed by atoms with Gasteiger partial charge in [0.25, 0.3) is 0 Å². The molecule has 0 radical (unpaired) electrons. The number of hydrogen-bond acceptors (Lipinski definition) is 3. The molecule has 0 spiro atoms. The Labute approximate surface area is 83.0 Å². The Hall–Kier alpha value is -0.700. The molecule has 3 heteroatoms. The number of Topliss-reactive ketones (excluding diaryl/α,β-unsaturated/α-hetero) is 1. The number of hydrogen-bond donors (Lipinski definition) is 0. The second-order valence-electron chi connectivity index (χ2n) is 3.65. The summed E-state index contributed by atoms with van der Waals surface area (Å²) < 4.78 is 0. The predicted molar refractivity (Wildman–Crippen MR) is 55.3 cm³/mol. The summed E-state index contributed by atoms with van der Waals surface area (Å²) in [6.07, 6.45) is 1.59. The highest BCUT2D eigenvalue weighted by Crippen LogP contribution is 2.14. The Bertz CT molecular complexity index is 291. The number of carbonyl (C=O) groups excluding carboxylic acids is 1. The lowest BCUT2D eigenvalue weighted by Crippen LogP contribution is -2.00. The summed E-state index contributed by atoms with van der Waals surface area (Å²) in [5, 5.41) is 2.58. The molecule has 0 aliphatic rings. The Kier molecular flexibility index (Phi) is 3.60. The van der Waals surface area contributed by atoms with Crippen LogP contribution in [0.15, 0.2) is 5.38 Å². The zero-order valence-corrected chi connectivity index (χ0v) is 9.15. The molecule has 0 aliphatic heterocycles. The predicted octanol–water partition coefficient (Wildman–Crippen LogP) is 3.07. The van der Waals surface area contributed by atoms with E-state index in [9.17, 15) is 4.79 Å². The summed E-state index contributed by atoms with van der Waals surface area (Å²) in [6, 6.07) is 0. The minimum absolute atomic E-state index is 0.187. The zero-order chi connectivity index (χ0) is 9.84. The van der Waals surface area contributed by atoms with Crippen molar-refractivity contribution in [2.75, 3.05) is 0 Å². The van der Waals surface area contributed by atoms with Crippen LogP contribution in [0.3, 0.4) is 0 Å². The number of nitrogens with zero attached hydrogens (tertiary/aromatic N) is 1. The van der Waals surface area contributed by atoms with Crippen molar-refractivity contribution in [3.63, 3.8) is 0 Å². The van der Waals surface area contributed by atoms with E-state index < -0.39 is 0 Å². The summed E-state index contributed by atoms with van der Waals surface area (Å²) in [4.78, 5) is 15.7. The van der Waals surface area contributed by atoms with Crippen LogP contribution in [0.1, 0.15) is 42.2 Å². The largest absolute Gasteiger partial charge is 0.292 e. The summed E-state index contributed by atoms with van der Waals surface area (Å²) in [6.45, 7) is 6.16. The van der Waals surface area contributed by atoms with Crippen LogP contribution >= 0.6 is 11.3 Å². The van der Waals surface area contributed by atoms with Crippen LogP contribution in [0.2, 0.25) is 0 Å². The molecule has 0 fully saturated rings. The summed E-state index contributed by atoms with van der Waals surface area (Å²) in [7, 11) is 0. The van der Waals surface area contributed by atoms with Crippen LogP contribution in [0.25, 0.3) is 0 Å². The number of rotatable bonds is 4. The molecule has 72 valence electrons. The van der Waals surface area contributed by atoms with Crippen molar-refractivity contribution in [3.05, 3.63) is 16.1 Å². The van der Waals surface area contributed by atoms with Crippen molar-refractivity contribution >= 4 is 17.1 Å². The summed E-state index contributed by atoms with van der Waals surface area (Å²) >= 11 is 1.45. The van der Waals surface area contributed by atoms with E-state index in [4.69, 9.17) is 0 Å². The highest BCUT2D eigenvalue weighted by Gasteiger charge is 2.09. The first-order valence-electron chi connectivity index (χ1n) is 4.55. The van der Waals surface area contributed by atoms with Crippen LogP contribution < -0.4 is 0 Å². The van der Waals surface area contributed by atoms with E-state index in [1.165, 1.54) is 11.3 Å². The van der Waals surface area contributed by atoms with Gasteiger partial charge in [-0.25, -0.2) is 4.98 Å². The lowest BCUT2D eigenvalue weighted by Gasteiger charge is -2.00. The fourth-order valence-corrected chi connectivity index (χ4v) is 1.77. The SMILES string of the molecule is Cc1csc(C(=O)CCC(C)C)n1. The van der Waals surface area contributed by atoms with Crippen LogP contribution in [-0.2, 0) is 0 Å². The first kappa shape index (κ1) is 10.4. The van der Waals surface area contributed by atoms with Gasteiger partial charge in [-0.1, -0.05) is 13.8 Å². The second-order valence-corrected chi connectivity index (χ2v) is 4.51. The molecule has 0 atom stereocenters. The number of aromatic nitrogens is 1. The minimum Gasteiger partial charge on any atom is -0.292 e. The zero-order valence-electron chi connectivity index (χ0n) is 8.33. The van der Waals surface area contributed by atoms with E-state index >= 15 is 0 Å². The third kappa shape index (κ3) is 3.27. The molecule has 0 aromatic carbocycles. The highest BCUT2D eigenvalue weighted by atomic mass is 32.1. The van der Waals surface area contributed by atoms with Crippen molar-refractivity contribution in [2.45, 2.75) is 33.6 Å². The molecular formula is C10H15NOS. The fourth-order valence-electron chi connectivity index (χ4n) is 1.01. The van der Waals surface area contributed by atoms with Gasteiger partial charge in [0, 0.05) is 17.5 Å². The average molecular weight is 197 g/mol. The van der Waals surface area contributed by atoms with Gasteiger partial charge in [-0.05, 0) is 19.3 Å². The van der Waals surface area contributed by atoms with Gasteiger partial charge < -0.3 is 0 Å². The van der Waals surface area contributed by atoms with Crippen molar-refractivity contribution in [1.29, 1.82) is 0 Å². The lowest BCUT2D eigenvalue weighted by molar-refractivity contribution is 0.0975. The standard InChI is InChI=1S/C10H15NOS/c1-7(2)4-5-9(12)10-11-8(3)6-13-10/h6-7H,4-5H2,1-3H3. The smallest absolute Gasteiger partial charge is 0.191 e. The van der Waals surface area contributed by atoms with Crippen LogP contribution in [-0.4, -0.2) is 10.8 Å². The van der Waals surface area contributed by atoms with Gasteiger partial charge in [0.15, 0.2) is 10.8 Å². The molecule has 0 saturated carbocycles. The maximum atomic E-state index is 11.5. The van der Waals surface area contributed by atoms with E-state index in [1.54, 1.807) is 0 Å². The summed E-state index contributed by atoms with van der Waals surface area (Å²) in [5.41, 5.74) is 0.942. The molecule has 0 N–H and O–H groups in total. The lowest BCUT2D eigenvalue weighted by atomic mass is 10.1. The van der Waals surface area contributed by atoms with E-state index in [-0.39, 0.29) is 5.78 Å². The van der Waals surface area contributed by atoms with Crippen molar-refractivity contribution < 1.29 is 4.79 Å². The number of thiazole rings is 1. The van der Waals surface area contributed by atoms with Gasteiger partial charge in [-0.2, -0.15) is 0 Å². The molecule has 0 unspecified atom stereocenters. The van der Waals surface area contributed by atoms with E-state index in [1.807, 2.05) is 12.3 Å². The Balaban J connectivity index is 2.49. The Morgan fingerprint density at radius 3 is 2.77 bits per heavy atom.